The third-order valence-corrected chi connectivity index (χ3v) is 9.94. The van der Waals surface area contributed by atoms with Crippen LogP contribution in [-0.4, -0.2) is 18.2 Å². The number of para-hydroxylation sites is 2. The van der Waals surface area contributed by atoms with E-state index in [1.165, 1.54) is 16.9 Å². The fraction of sp³-hybridized carbons (Fsp3) is 0.200. The molecule has 0 amide bonds. The molecule has 7 heteroatoms. The number of hydrogen-bond acceptors (Lipinski definition) is 4. The molecular weight excluding hydrogens is 433 g/mol. The van der Waals surface area contributed by atoms with Crippen LogP contribution in [0.1, 0.15) is 25.0 Å². The molecular formula is C25H26N5PS. The van der Waals surface area contributed by atoms with Crippen molar-refractivity contribution in [3.63, 3.8) is 0 Å². The third-order valence-electron chi connectivity index (χ3n) is 6.25. The smallest absolute Gasteiger partial charge is 0.175 e. The zero-order valence-corrected chi connectivity index (χ0v) is 20.4. The predicted octanol–water partition coefficient (Wildman–Crippen LogP) is 6.26. The number of nitrogens with one attached hydrogen (secondary N) is 1. The highest BCUT2D eigenvalue weighted by atomic mass is 32.4. The minimum atomic E-state index is -2.59. The van der Waals surface area contributed by atoms with Gasteiger partial charge in [-0.15, -0.1) is 0 Å². The molecule has 2 aliphatic heterocycles. The van der Waals surface area contributed by atoms with Crippen molar-refractivity contribution in [2.75, 3.05) is 21.8 Å². The van der Waals surface area contributed by atoms with Gasteiger partial charge in [0, 0.05) is 30.0 Å². The fourth-order valence-corrected chi connectivity index (χ4v) is 8.26. The molecule has 5 nitrogen and oxygen atoms in total. The summed E-state index contributed by atoms with van der Waals surface area (Å²) in [6.07, 6.45) is 1.17. The monoisotopic (exact) mass is 459 g/mol. The molecule has 3 heterocycles. The summed E-state index contributed by atoms with van der Waals surface area (Å²) in [5.41, 5.74) is 5.52. The number of allylic oxidation sites excluding steroid dienone is 2. The van der Waals surface area contributed by atoms with E-state index in [1.807, 2.05) is 35.3 Å². The Bertz CT molecular complexity index is 1300. The van der Waals surface area contributed by atoms with Crippen molar-refractivity contribution in [3.05, 3.63) is 95.1 Å². The first-order chi connectivity index (χ1) is 15.3. The van der Waals surface area contributed by atoms with Gasteiger partial charge in [-0.05, 0) is 54.1 Å². The van der Waals surface area contributed by atoms with Crippen LogP contribution in [0.2, 0.25) is 0 Å². The van der Waals surface area contributed by atoms with Gasteiger partial charge in [0.1, 0.15) is 5.82 Å². The highest BCUT2D eigenvalue weighted by Crippen LogP contribution is 2.65. The number of anilines is 3. The minimum Gasteiger partial charge on any atom is -0.346 e. The van der Waals surface area contributed by atoms with E-state index in [0.717, 1.165) is 22.4 Å². The van der Waals surface area contributed by atoms with Crippen molar-refractivity contribution in [2.24, 2.45) is 5.10 Å². The fourth-order valence-electron chi connectivity index (χ4n) is 4.67. The molecule has 0 radical (unpaired) electrons. The second-order valence-electron chi connectivity index (χ2n) is 8.66. The largest absolute Gasteiger partial charge is 0.346 e. The van der Waals surface area contributed by atoms with Gasteiger partial charge in [-0.3, -0.25) is 0 Å². The van der Waals surface area contributed by atoms with Gasteiger partial charge in [0.05, 0.1) is 17.2 Å². The number of aryl methyl sites for hydroxylation is 1. The van der Waals surface area contributed by atoms with Crippen molar-refractivity contribution < 1.29 is 0 Å². The molecule has 0 saturated carbocycles. The van der Waals surface area contributed by atoms with E-state index in [2.05, 4.69) is 85.3 Å². The van der Waals surface area contributed by atoms with Gasteiger partial charge in [-0.2, -0.15) is 5.10 Å². The summed E-state index contributed by atoms with van der Waals surface area (Å²) in [6, 6.07) is 22.7. The van der Waals surface area contributed by atoms with E-state index in [1.54, 1.807) is 6.20 Å². The molecule has 0 saturated heterocycles. The van der Waals surface area contributed by atoms with E-state index in [9.17, 15) is 0 Å². The molecule has 32 heavy (non-hydrogen) atoms. The standard InChI is InChI=1S/C25H26N5PS/c1-18-11-10-16-26-24(18)28-31(32)22(17-27-30(31)19-12-6-5-7-13-19)23-25(2,3)20-14-8-9-15-21(20)29(23)4/h5-17H,1-4H3,(H,26,28,32)/b23-22-/t31-/m0/s1. The van der Waals surface area contributed by atoms with Gasteiger partial charge >= 0.3 is 0 Å². The number of rotatable bonds is 3. The molecule has 0 unspecified atom stereocenters. The normalized spacial score (nSPS) is 23.5. The van der Waals surface area contributed by atoms with Gasteiger partial charge in [-0.25, -0.2) is 9.76 Å². The summed E-state index contributed by atoms with van der Waals surface area (Å²) < 4.78 is 1.99. The molecule has 5 rings (SSSR count). The van der Waals surface area contributed by atoms with Gasteiger partial charge in [0.15, 0.2) is 6.34 Å². The summed E-state index contributed by atoms with van der Waals surface area (Å²) in [4.78, 5) is 6.88. The summed E-state index contributed by atoms with van der Waals surface area (Å²) in [7, 11) is 2.13. The Morgan fingerprint density at radius 1 is 0.969 bits per heavy atom. The van der Waals surface area contributed by atoms with Crippen LogP contribution < -0.4 is 14.8 Å². The molecule has 0 aliphatic carbocycles. The van der Waals surface area contributed by atoms with Crippen LogP contribution in [0.3, 0.4) is 0 Å². The Morgan fingerprint density at radius 2 is 1.69 bits per heavy atom. The number of hydrogen-bond donors (Lipinski definition) is 1. The lowest BCUT2D eigenvalue weighted by molar-refractivity contribution is 0.640. The van der Waals surface area contributed by atoms with Crippen LogP contribution in [0.4, 0.5) is 17.2 Å². The third kappa shape index (κ3) is 3.09. The van der Waals surface area contributed by atoms with Crippen molar-refractivity contribution in [2.45, 2.75) is 26.2 Å². The molecule has 0 bridgehead atoms. The average molecular weight is 460 g/mol. The van der Waals surface area contributed by atoms with Gasteiger partial charge < -0.3 is 9.99 Å². The van der Waals surface area contributed by atoms with E-state index in [0.29, 0.717) is 0 Å². The lowest BCUT2D eigenvalue weighted by Gasteiger charge is -2.34. The summed E-state index contributed by atoms with van der Waals surface area (Å²) in [5, 5.41) is 9.59. The SMILES string of the molecule is Cc1cccnc1N[P@@]1(=S)/C(=C2\N(C)c3ccccc3C2(C)C)C=NN1c1ccccc1. The molecule has 1 aromatic heterocycles. The molecule has 0 spiro atoms. The zero-order valence-electron chi connectivity index (χ0n) is 18.6. The number of likely N-dealkylation sites (N-methyl/N-ethyl adjacent to an activating group) is 1. The van der Waals surface area contributed by atoms with Crippen molar-refractivity contribution in [3.8, 4) is 0 Å². The van der Waals surface area contributed by atoms with Crippen LogP contribution >= 0.6 is 6.34 Å². The van der Waals surface area contributed by atoms with Gasteiger partial charge in [0.2, 0.25) is 0 Å². The molecule has 1 atom stereocenters. The van der Waals surface area contributed by atoms with E-state index >= 15 is 0 Å². The molecule has 1 N–H and O–H groups in total. The van der Waals surface area contributed by atoms with Crippen LogP contribution in [-0.2, 0) is 17.2 Å². The van der Waals surface area contributed by atoms with E-state index < -0.39 is 6.34 Å². The highest BCUT2D eigenvalue weighted by Gasteiger charge is 2.46. The molecule has 2 aliphatic rings. The second-order valence-corrected chi connectivity index (χ2v) is 12.5. The first-order valence-electron chi connectivity index (χ1n) is 10.6. The van der Waals surface area contributed by atoms with Crippen LogP contribution in [0.25, 0.3) is 0 Å². The first-order valence-corrected chi connectivity index (χ1v) is 13.4. The van der Waals surface area contributed by atoms with Crippen molar-refractivity contribution in [1.29, 1.82) is 0 Å². The Morgan fingerprint density at radius 3 is 2.41 bits per heavy atom. The molecule has 0 fully saturated rings. The lowest BCUT2D eigenvalue weighted by atomic mass is 9.84. The Labute approximate surface area is 194 Å². The van der Waals surface area contributed by atoms with Crippen LogP contribution in [0.15, 0.2) is 89.0 Å². The summed E-state index contributed by atoms with van der Waals surface area (Å²) in [6.45, 7) is 6.58. The maximum absolute atomic E-state index is 6.51. The first kappa shape index (κ1) is 20.9. The van der Waals surface area contributed by atoms with Gasteiger partial charge in [-0.1, -0.05) is 56.3 Å². The molecule has 3 aromatic rings. The Hall–Kier alpha value is -2.95. The quantitative estimate of drug-likeness (QED) is 0.469. The lowest BCUT2D eigenvalue weighted by Crippen LogP contribution is -2.27. The number of hydrazone groups is 1. The number of nitrogens with zero attached hydrogens (tertiary/aromatic N) is 4. The van der Waals surface area contributed by atoms with Crippen LogP contribution in [0.5, 0.6) is 0 Å². The molecule has 2 aromatic carbocycles. The second kappa shape index (κ2) is 7.58. The van der Waals surface area contributed by atoms with Crippen molar-refractivity contribution >= 4 is 41.6 Å². The number of benzene rings is 2. The highest BCUT2D eigenvalue weighted by molar-refractivity contribution is 8.18. The maximum Gasteiger partial charge on any atom is 0.175 e. The van der Waals surface area contributed by atoms with E-state index in [-0.39, 0.29) is 5.41 Å². The zero-order chi connectivity index (χ0) is 22.5. The number of fused-ring (bicyclic) bond motifs is 1. The minimum absolute atomic E-state index is 0.204. The topological polar surface area (TPSA) is 43.8 Å². The molecule has 162 valence electrons. The predicted molar refractivity (Wildman–Crippen MR) is 139 cm³/mol. The summed E-state index contributed by atoms with van der Waals surface area (Å²) >= 11 is 6.51. The van der Waals surface area contributed by atoms with E-state index in [4.69, 9.17) is 16.9 Å². The number of aromatic nitrogens is 1. The van der Waals surface area contributed by atoms with Crippen LogP contribution in [0, 0.1) is 6.92 Å². The van der Waals surface area contributed by atoms with Crippen molar-refractivity contribution in [1.82, 2.24) is 4.98 Å². The Balaban J connectivity index is 1.72. The summed E-state index contributed by atoms with van der Waals surface area (Å²) in [5.74, 6) is 0.802. The maximum atomic E-state index is 6.51. The average Bonchev–Trinajstić information content (AvgIpc) is 3.21. The number of pyridine rings is 1. The Kier molecular flexibility index (Phi) is 4.95. The van der Waals surface area contributed by atoms with Gasteiger partial charge in [0.25, 0.3) is 0 Å².